The van der Waals surface area contributed by atoms with Gasteiger partial charge in [-0.3, -0.25) is 14.8 Å². The number of aromatic nitrogens is 2. The van der Waals surface area contributed by atoms with E-state index in [2.05, 4.69) is 23.7 Å². The van der Waals surface area contributed by atoms with Crippen LogP contribution < -0.4 is 10.8 Å². The Morgan fingerprint density at radius 2 is 1.82 bits per heavy atom. The van der Waals surface area contributed by atoms with Crippen molar-refractivity contribution in [1.82, 2.24) is 24.7 Å². The Balaban J connectivity index is 1.48. The minimum absolute atomic E-state index is 0.0240. The number of hydroxylamine groups is 1. The Labute approximate surface area is 223 Å². The number of nitrogens with one attached hydrogen (secondary N) is 2. The summed E-state index contributed by atoms with van der Waals surface area (Å²) in [6.07, 6.45) is 1.23. The van der Waals surface area contributed by atoms with Crippen LogP contribution in [-0.4, -0.2) is 64.2 Å². The molecule has 2 aromatic carbocycles. The van der Waals surface area contributed by atoms with Crippen molar-refractivity contribution in [2.24, 2.45) is 5.92 Å². The number of sulfonamides is 1. The highest BCUT2D eigenvalue weighted by Crippen LogP contribution is 2.24. The minimum Gasteiger partial charge on any atom is -0.347 e. The molecule has 1 saturated heterocycles. The van der Waals surface area contributed by atoms with Gasteiger partial charge in [0, 0.05) is 31.1 Å². The molecule has 11 heteroatoms. The van der Waals surface area contributed by atoms with Gasteiger partial charge in [-0.25, -0.2) is 18.9 Å². The number of rotatable bonds is 10. The standard InChI is InChI=1S/C27H35N5O5S/c1-4-5-14-38(36,37)31-16-21(27(34)30-35)23(17-31)29-26(33)20-12-10-19(11-13-20)15-32-24-9-7-6-8-22(24)28-25(32)18(2)3/h6-13,18,21,23,35H,4-5,14-17H2,1-3H3,(H,29,33)(H,30,34)/t21-,23+/m0/s1. The summed E-state index contributed by atoms with van der Waals surface area (Å²) in [5.74, 6) is -0.838. The van der Waals surface area contributed by atoms with Gasteiger partial charge in [0.05, 0.1) is 28.7 Å². The van der Waals surface area contributed by atoms with Gasteiger partial charge < -0.3 is 9.88 Å². The molecule has 1 aliphatic rings. The van der Waals surface area contributed by atoms with Crippen molar-refractivity contribution in [3.8, 4) is 0 Å². The molecule has 38 heavy (non-hydrogen) atoms. The van der Waals surface area contributed by atoms with Gasteiger partial charge in [0.15, 0.2) is 0 Å². The third-order valence-corrected chi connectivity index (χ3v) is 8.85. The van der Waals surface area contributed by atoms with Crippen LogP contribution in [0.5, 0.6) is 0 Å². The van der Waals surface area contributed by atoms with Crippen LogP contribution >= 0.6 is 0 Å². The van der Waals surface area contributed by atoms with Crippen LogP contribution in [0.25, 0.3) is 11.0 Å². The van der Waals surface area contributed by atoms with Gasteiger partial charge in [0.1, 0.15) is 5.82 Å². The summed E-state index contributed by atoms with van der Waals surface area (Å²) in [5.41, 5.74) is 4.98. The molecule has 0 bridgehead atoms. The van der Waals surface area contributed by atoms with E-state index in [1.165, 1.54) is 4.31 Å². The maximum absolute atomic E-state index is 13.0. The molecule has 1 aromatic heterocycles. The Bertz CT molecular complexity index is 1400. The molecule has 0 unspecified atom stereocenters. The quantitative estimate of drug-likeness (QED) is 0.267. The lowest BCUT2D eigenvalue weighted by molar-refractivity contribution is -0.133. The fraction of sp³-hybridized carbons (Fsp3) is 0.444. The molecule has 0 aliphatic carbocycles. The number of hydrogen-bond donors (Lipinski definition) is 3. The van der Waals surface area contributed by atoms with E-state index in [1.807, 2.05) is 43.3 Å². The van der Waals surface area contributed by atoms with E-state index in [1.54, 1.807) is 17.6 Å². The van der Waals surface area contributed by atoms with E-state index < -0.39 is 33.8 Å². The third kappa shape index (κ3) is 5.90. The molecule has 0 radical (unpaired) electrons. The number of unbranched alkanes of at least 4 members (excludes halogenated alkanes) is 1. The van der Waals surface area contributed by atoms with E-state index in [0.717, 1.165) is 28.8 Å². The SMILES string of the molecule is CCCCS(=O)(=O)N1C[C@H](C(=O)NO)[C@H](NC(=O)c2ccc(Cn3c(C(C)C)nc4ccccc43)cc2)C1. The summed E-state index contributed by atoms with van der Waals surface area (Å²) >= 11 is 0. The van der Waals surface area contributed by atoms with Gasteiger partial charge in [-0.1, -0.05) is 51.5 Å². The van der Waals surface area contributed by atoms with Crippen molar-refractivity contribution in [3.05, 3.63) is 65.5 Å². The average molecular weight is 542 g/mol. The third-order valence-electron chi connectivity index (χ3n) is 6.96. The predicted octanol–water partition coefficient (Wildman–Crippen LogP) is 2.87. The molecule has 1 fully saturated rings. The van der Waals surface area contributed by atoms with Gasteiger partial charge in [0.2, 0.25) is 15.9 Å². The maximum atomic E-state index is 13.0. The van der Waals surface area contributed by atoms with Crippen LogP contribution in [0.4, 0.5) is 0 Å². The maximum Gasteiger partial charge on any atom is 0.251 e. The summed E-state index contributed by atoms with van der Waals surface area (Å²) in [6, 6.07) is 14.4. The van der Waals surface area contributed by atoms with Crippen molar-refractivity contribution >= 4 is 32.9 Å². The fourth-order valence-electron chi connectivity index (χ4n) is 4.84. The molecular weight excluding hydrogens is 506 g/mol. The van der Waals surface area contributed by atoms with E-state index in [0.29, 0.717) is 18.5 Å². The van der Waals surface area contributed by atoms with Crippen molar-refractivity contribution in [3.63, 3.8) is 0 Å². The molecule has 10 nitrogen and oxygen atoms in total. The molecule has 0 spiro atoms. The second-order valence-electron chi connectivity index (χ2n) is 10.0. The number of hydrogen-bond acceptors (Lipinski definition) is 6. The first-order chi connectivity index (χ1) is 18.1. The molecule has 2 atom stereocenters. The Morgan fingerprint density at radius 1 is 1.11 bits per heavy atom. The monoisotopic (exact) mass is 541 g/mol. The number of fused-ring (bicyclic) bond motifs is 1. The average Bonchev–Trinajstić information content (AvgIpc) is 3.50. The zero-order valence-corrected chi connectivity index (χ0v) is 22.7. The minimum atomic E-state index is -3.57. The van der Waals surface area contributed by atoms with Crippen LogP contribution in [0.15, 0.2) is 48.5 Å². The van der Waals surface area contributed by atoms with Crippen LogP contribution in [0.1, 0.15) is 61.3 Å². The van der Waals surface area contributed by atoms with Gasteiger partial charge in [0.25, 0.3) is 5.91 Å². The summed E-state index contributed by atoms with van der Waals surface area (Å²) < 4.78 is 28.8. The highest BCUT2D eigenvalue weighted by atomic mass is 32.2. The molecule has 204 valence electrons. The molecule has 4 rings (SSSR count). The predicted molar refractivity (Wildman–Crippen MR) is 144 cm³/mol. The van der Waals surface area contributed by atoms with Crippen molar-refractivity contribution in [2.75, 3.05) is 18.8 Å². The Kier molecular flexibility index (Phi) is 8.49. The first-order valence-corrected chi connectivity index (χ1v) is 14.5. The fourth-order valence-corrected chi connectivity index (χ4v) is 6.53. The second-order valence-corrected chi connectivity index (χ2v) is 12.1. The smallest absolute Gasteiger partial charge is 0.251 e. The second kappa shape index (κ2) is 11.6. The first-order valence-electron chi connectivity index (χ1n) is 12.9. The summed E-state index contributed by atoms with van der Waals surface area (Å²) in [6.45, 7) is 6.58. The van der Waals surface area contributed by atoms with Crippen LogP contribution in [0.3, 0.4) is 0 Å². The number of nitrogens with zero attached hydrogens (tertiary/aromatic N) is 3. The number of para-hydroxylation sites is 2. The van der Waals surface area contributed by atoms with Crippen molar-refractivity contribution < 1.29 is 23.2 Å². The zero-order chi connectivity index (χ0) is 27.4. The summed E-state index contributed by atoms with van der Waals surface area (Å²) in [4.78, 5) is 30.1. The van der Waals surface area contributed by atoms with Gasteiger partial charge in [-0.15, -0.1) is 0 Å². The molecule has 3 N–H and O–H groups in total. The van der Waals surface area contributed by atoms with Crippen LogP contribution in [-0.2, 0) is 21.4 Å². The summed E-state index contributed by atoms with van der Waals surface area (Å²) in [5, 5.41) is 12.0. The molecule has 2 heterocycles. The zero-order valence-electron chi connectivity index (χ0n) is 21.9. The van der Waals surface area contributed by atoms with Crippen LogP contribution in [0, 0.1) is 5.92 Å². The lowest BCUT2D eigenvalue weighted by atomic mass is 10.0. The number of carbonyl (C=O) groups excluding carboxylic acids is 2. The van der Waals surface area contributed by atoms with E-state index in [-0.39, 0.29) is 24.8 Å². The first kappa shape index (κ1) is 27.7. The van der Waals surface area contributed by atoms with Crippen molar-refractivity contribution in [1.29, 1.82) is 0 Å². The van der Waals surface area contributed by atoms with Crippen molar-refractivity contribution in [2.45, 2.75) is 52.1 Å². The molecular formula is C27H35N5O5S. The van der Waals surface area contributed by atoms with E-state index >= 15 is 0 Å². The lowest BCUT2D eigenvalue weighted by Crippen LogP contribution is -2.45. The highest BCUT2D eigenvalue weighted by molar-refractivity contribution is 7.89. The molecule has 0 saturated carbocycles. The van der Waals surface area contributed by atoms with E-state index in [4.69, 9.17) is 10.2 Å². The normalized spacial score (nSPS) is 18.2. The molecule has 1 aliphatic heterocycles. The number of amides is 2. The van der Waals surface area contributed by atoms with Gasteiger partial charge >= 0.3 is 0 Å². The van der Waals surface area contributed by atoms with Gasteiger partial charge in [-0.2, -0.15) is 4.31 Å². The Morgan fingerprint density at radius 3 is 2.47 bits per heavy atom. The van der Waals surface area contributed by atoms with Crippen LogP contribution in [0.2, 0.25) is 0 Å². The Hall–Kier alpha value is -3.28. The number of carbonyl (C=O) groups is 2. The lowest BCUT2D eigenvalue weighted by Gasteiger charge is -2.18. The van der Waals surface area contributed by atoms with Gasteiger partial charge in [-0.05, 0) is 36.2 Å². The molecule has 3 aromatic rings. The summed E-state index contributed by atoms with van der Waals surface area (Å²) in [7, 11) is -3.57. The topological polar surface area (TPSA) is 134 Å². The number of imidazole rings is 1. The number of benzene rings is 2. The highest BCUT2D eigenvalue weighted by Gasteiger charge is 2.42. The molecule has 2 amide bonds. The largest absolute Gasteiger partial charge is 0.347 e. The van der Waals surface area contributed by atoms with E-state index in [9.17, 15) is 18.0 Å².